The molecule has 0 amide bonds. The minimum Gasteiger partial charge on any atom is -0.335 e. The highest BCUT2D eigenvalue weighted by Gasteiger charge is 2.11. The molecule has 0 spiro atoms. The summed E-state index contributed by atoms with van der Waals surface area (Å²) in [4.78, 5) is 4.59. The van der Waals surface area contributed by atoms with Gasteiger partial charge in [-0.25, -0.2) is 4.98 Å². The Hall–Kier alpha value is -0.830. The van der Waals surface area contributed by atoms with Crippen LogP contribution >= 0.6 is 0 Å². The number of imidazole rings is 1. The number of nitrogens with one attached hydrogen (secondary N) is 1. The number of hydrogen-bond donors (Lipinski definition) is 1. The lowest BCUT2D eigenvalue weighted by Gasteiger charge is -2.11. The van der Waals surface area contributed by atoms with E-state index in [2.05, 4.69) is 28.0 Å². The summed E-state index contributed by atoms with van der Waals surface area (Å²) in [6, 6.07) is 0. The Morgan fingerprint density at radius 3 is 3.23 bits per heavy atom. The van der Waals surface area contributed by atoms with E-state index in [-0.39, 0.29) is 0 Å². The standard InChI is InChI=1S/C10H17N3/c1-2-11-7-9-8-13-6-4-3-5-10(13)12-9/h8,11H,2-7H2,1H3. The van der Waals surface area contributed by atoms with Gasteiger partial charge in [-0.1, -0.05) is 6.92 Å². The van der Waals surface area contributed by atoms with Crippen LogP contribution in [0.5, 0.6) is 0 Å². The van der Waals surface area contributed by atoms with Crippen LogP contribution in [0.4, 0.5) is 0 Å². The fourth-order valence-corrected chi connectivity index (χ4v) is 1.81. The number of aryl methyl sites for hydroxylation is 2. The predicted octanol–water partition coefficient (Wildman–Crippen LogP) is 1.33. The molecule has 2 rings (SSSR count). The Kier molecular flexibility index (Phi) is 2.64. The number of rotatable bonds is 3. The highest BCUT2D eigenvalue weighted by molar-refractivity contribution is 5.05. The topological polar surface area (TPSA) is 29.9 Å². The zero-order chi connectivity index (χ0) is 9.10. The summed E-state index contributed by atoms with van der Waals surface area (Å²) in [6.45, 7) is 5.21. The van der Waals surface area contributed by atoms with E-state index in [1.165, 1.54) is 24.4 Å². The lowest BCUT2D eigenvalue weighted by Crippen LogP contribution is -2.11. The second-order valence-corrected chi connectivity index (χ2v) is 3.58. The molecule has 1 aliphatic heterocycles. The normalized spacial score (nSPS) is 15.8. The number of aromatic nitrogens is 2. The van der Waals surface area contributed by atoms with Gasteiger partial charge in [-0.3, -0.25) is 0 Å². The molecule has 2 heterocycles. The highest BCUT2D eigenvalue weighted by Crippen LogP contribution is 2.14. The van der Waals surface area contributed by atoms with E-state index in [1.54, 1.807) is 0 Å². The van der Waals surface area contributed by atoms with E-state index in [4.69, 9.17) is 0 Å². The Bertz CT molecular complexity index is 254. The second-order valence-electron chi connectivity index (χ2n) is 3.58. The van der Waals surface area contributed by atoms with Crippen molar-refractivity contribution < 1.29 is 0 Å². The second kappa shape index (κ2) is 3.92. The van der Waals surface area contributed by atoms with Crippen LogP contribution in [0, 0.1) is 0 Å². The van der Waals surface area contributed by atoms with Gasteiger partial charge in [0.2, 0.25) is 0 Å². The van der Waals surface area contributed by atoms with Crippen LogP contribution in [-0.4, -0.2) is 16.1 Å². The van der Waals surface area contributed by atoms with Crippen molar-refractivity contribution in [3.63, 3.8) is 0 Å². The molecule has 0 saturated carbocycles. The molecule has 0 fully saturated rings. The van der Waals surface area contributed by atoms with Crippen LogP contribution < -0.4 is 5.32 Å². The first-order chi connectivity index (χ1) is 6.40. The van der Waals surface area contributed by atoms with Crippen molar-refractivity contribution in [1.29, 1.82) is 0 Å². The average Bonchev–Trinajstić information content (AvgIpc) is 2.57. The molecule has 1 aromatic heterocycles. The molecule has 0 unspecified atom stereocenters. The van der Waals surface area contributed by atoms with Crippen molar-refractivity contribution in [3.8, 4) is 0 Å². The summed E-state index contributed by atoms with van der Waals surface area (Å²) in [5.74, 6) is 1.28. The lowest BCUT2D eigenvalue weighted by atomic mass is 10.2. The van der Waals surface area contributed by atoms with Gasteiger partial charge in [0, 0.05) is 25.7 Å². The van der Waals surface area contributed by atoms with Crippen molar-refractivity contribution in [2.45, 2.75) is 39.3 Å². The SMILES string of the molecule is CCNCc1cn2c(n1)CCCC2. The smallest absolute Gasteiger partial charge is 0.109 e. The van der Waals surface area contributed by atoms with Crippen LogP contribution in [0.15, 0.2) is 6.20 Å². The quantitative estimate of drug-likeness (QED) is 0.758. The third-order valence-corrected chi connectivity index (χ3v) is 2.51. The summed E-state index contributed by atoms with van der Waals surface area (Å²) in [7, 11) is 0. The van der Waals surface area contributed by atoms with Crippen molar-refractivity contribution in [2.75, 3.05) is 6.54 Å². The van der Waals surface area contributed by atoms with Gasteiger partial charge >= 0.3 is 0 Å². The van der Waals surface area contributed by atoms with E-state index in [0.29, 0.717) is 0 Å². The first-order valence-corrected chi connectivity index (χ1v) is 5.16. The molecular formula is C10H17N3. The van der Waals surface area contributed by atoms with Crippen molar-refractivity contribution >= 4 is 0 Å². The minimum atomic E-state index is 0.913. The van der Waals surface area contributed by atoms with E-state index >= 15 is 0 Å². The van der Waals surface area contributed by atoms with Gasteiger partial charge in [-0.05, 0) is 19.4 Å². The molecule has 0 atom stereocenters. The van der Waals surface area contributed by atoms with Crippen molar-refractivity contribution in [3.05, 3.63) is 17.7 Å². The van der Waals surface area contributed by atoms with Gasteiger partial charge in [0.1, 0.15) is 5.82 Å². The van der Waals surface area contributed by atoms with Crippen molar-refractivity contribution in [1.82, 2.24) is 14.9 Å². The molecule has 1 N–H and O–H groups in total. The number of nitrogens with zero attached hydrogens (tertiary/aromatic N) is 2. The summed E-state index contributed by atoms with van der Waals surface area (Å²) >= 11 is 0. The third-order valence-electron chi connectivity index (χ3n) is 2.51. The van der Waals surface area contributed by atoms with Gasteiger partial charge in [-0.15, -0.1) is 0 Å². The zero-order valence-corrected chi connectivity index (χ0v) is 8.21. The third kappa shape index (κ3) is 1.91. The Morgan fingerprint density at radius 1 is 1.54 bits per heavy atom. The molecule has 0 aromatic carbocycles. The number of fused-ring (bicyclic) bond motifs is 1. The molecule has 72 valence electrons. The largest absolute Gasteiger partial charge is 0.335 e. The van der Waals surface area contributed by atoms with Gasteiger partial charge in [0.25, 0.3) is 0 Å². The van der Waals surface area contributed by atoms with Gasteiger partial charge in [0.05, 0.1) is 5.69 Å². The van der Waals surface area contributed by atoms with E-state index in [0.717, 1.165) is 26.1 Å². The summed E-state index contributed by atoms with van der Waals surface area (Å²) in [5.41, 5.74) is 1.19. The van der Waals surface area contributed by atoms with Crippen LogP contribution in [-0.2, 0) is 19.5 Å². The molecule has 13 heavy (non-hydrogen) atoms. The predicted molar refractivity (Wildman–Crippen MR) is 52.5 cm³/mol. The Labute approximate surface area is 79.2 Å². The number of hydrogen-bond acceptors (Lipinski definition) is 2. The van der Waals surface area contributed by atoms with E-state index in [1.807, 2.05) is 0 Å². The molecule has 0 radical (unpaired) electrons. The Morgan fingerprint density at radius 2 is 2.46 bits per heavy atom. The molecule has 0 bridgehead atoms. The fraction of sp³-hybridized carbons (Fsp3) is 0.700. The molecule has 1 aliphatic rings. The monoisotopic (exact) mass is 179 g/mol. The molecule has 0 saturated heterocycles. The van der Waals surface area contributed by atoms with E-state index < -0.39 is 0 Å². The van der Waals surface area contributed by atoms with Crippen molar-refractivity contribution in [2.24, 2.45) is 0 Å². The summed E-state index contributed by atoms with van der Waals surface area (Å²) in [5, 5.41) is 3.30. The van der Waals surface area contributed by atoms with Gasteiger partial charge < -0.3 is 9.88 Å². The van der Waals surface area contributed by atoms with Gasteiger partial charge in [0.15, 0.2) is 0 Å². The maximum absolute atomic E-state index is 4.59. The van der Waals surface area contributed by atoms with Crippen LogP contribution in [0.25, 0.3) is 0 Å². The summed E-state index contributed by atoms with van der Waals surface area (Å²) in [6.07, 6.45) is 5.96. The summed E-state index contributed by atoms with van der Waals surface area (Å²) < 4.78 is 2.30. The van der Waals surface area contributed by atoms with Crippen LogP contribution in [0.1, 0.15) is 31.3 Å². The fourth-order valence-electron chi connectivity index (χ4n) is 1.81. The van der Waals surface area contributed by atoms with Crippen LogP contribution in [0.3, 0.4) is 0 Å². The average molecular weight is 179 g/mol. The lowest BCUT2D eigenvalue weighted by molar-refractivity contribution is 0.522. The van der Waals surface area contributed by atoms with E-state index in [9.17, 15) is 0 Å². The molecule has 1 aromatic rings. The molecule has 3 heteroatoms. The minimum absolute atomic E-state index is 0.913. The molecule has 3 nitrogen and oxygen atoms in total. The molecule has 0 aliphatic carbocycles. The first kappa shape index (κ1) is 8.75. The highest BCUT2D eigenvalue weighted by atomic mass is 15.1. The maximum atomic E-state index is 4.59. The Balaban J connectivity index is 2.07. The zero-order valence-electron chi connectivity index (χ0n) is 8.21. The maximum Gasteiger partial charge on any atom is 0.109 e. The van der Waals surface area contributed by atoms with Gasteiger partial charge in [-0.2, -0.15) is 0 Å². The first-order valence-electron chi connectivity index (χ1n) is 5.16. The molecular weight excluding hydrogens is 162 g/mol. The van der Waals surface area contributed by atoms with Crippen LogP contribution in [0.2, 0.25) is 0 Å².